The van der Waals surface area contributed by atoms with Gasteiger partial charge in [-0.2, -0.15) is 0 Å². The zero-order valence-electron chi connectivity index (χ0n) is 12.7. The molecule has 4 atom stereocenters. The van der Waals surface area contributed by atoms with Crippen molar-refractivity contribution < 1.29 is 24.4 Å². The highest BCUT2D eigenvalue weighted by molar-refractivity contribution is 6.24. The number of nitro benzene ring substituents is 1. The van der Waals surface area contributed by atoms with Crippen LogP contribution in [0.5, 0.6) is 0 Å². The van der Waals surface area contributed by atoms with Crippen molar-refractivity contribution in [2.24, 2.45) is 11.8 Å². The van der Waals surface area contributed by atoms with Crippen molar-refractivity contribution in [3.8, 4) is 0 Å². The van der Waals surface area contributed by atoms with Crippen LogP contribution in [0, 0.1) is 28.9 Å². The van der Waals surface area contributed by atoms with Crippen LogP contribution in [0.1, 0.15) is 5.56 Å². The smallest absolute Gasteiger partial charge is 0.293 e. The van der Waals surface area contributed by atoms with E-state index in [1.807, 2.05) is 0 Å². The monoisotopic (exact) mass is 330 g/mol. The van der Waals surface area contributed by atoms with Crippen molar-refractivity contribution in [1.82, 2.24) is 0 Å². The second kappa shape index (κ2) is 4.71. The van der Waals surface area contributed by atoms with E-state index < -0.39 is 46.9 Å². The van der Waals surface area contributed by atoms with Gasteiger partial charge >= 0.3 is 0 Å². The Bertz CT molecular complexity index is 819. The minimum absolute atomic E-state index is 0.0394. The number of carbonyl (C=O) groups is 2. The molecule has 0 saturated carbocycles. The second-order valence-corrected chi connectivity index (χ2v) is 6.32. The molecule has 4 rings (SSSR count). The van der Waals surface area contributed by atoms with E-state index >= 15 is 0 Å². The molecular weight excluding hydrogens is 316 g/mol. The van der Waals surface area contributed by atoms with Gasteiger partial charge in [-0.1, -0.05) is 18.2 Å². The number of ether oxygens (including phenoxy) is 1. The van der Waals surface area contributed by atoms with Crippen LogP contribution in [-0.2, 0) is 14.3 Å². The van der Waals surface area contributed by atoms with Crippen LogP contribution >= 0.6 is 0 Å². The highest BCUT2D eigenvalue weighted by atomic mass is 16.6. The number of aliphatic hydroxyl groups is 1. The quantitative estimate of drug-likeness (QED) is 0.378. The van der Waals surface area contributed by atoms with Gasteiger partial charge < -0.3 is 9.84 Å². The van der Waals surface area contributed by atoms with E-state index in [1.165, 1.54) is 12.1 Å². The average Bonchev–Trinajstić information content (AvgIpc) is 3.19. The Kier molecular flexibility index (Phi) is 2.94. The van der Waals surface area contributed by atoms with Crippen LogP contribution in [0.15, 0.2) is 30.4 Å². The van der Waals surface area contributed by atoms with Gasteiger partial charge in [-0.15, -0.1) is 0 Å². The molecule has 1 aromatic rings. The number of aliphatic hydroxyl groups excluding tert-OH is 1. The molecule has 24 heavy (non-hydrogen) atoms. The number of nitrogens with zero attached hydrogens (tertiary/aromatic N) is 2. The van der Waals surface area contributed by atoms with Gasteiger partial charge in [0.1, 0.15) is 11.3 Å². The summed E-state index contributed by atoms with van der Waals surface area (Å²) in [5.41, 5.74) is -0.892. The van der Waals surface area contributed by atoms with Crippen molar-refractivity contribution in [2.75, 3.05) is 11.5 Å². The van der Waals surface area contributed by atoms with Gasteiger partial charge in [0.05, 0.1) is 29.5 Å². The number of fused-ring (bicyclic) bond motifs is 5. The summed E-state index contributed by atoms with van der Waals surface area (Å²) in [6, 6.07) is 4.35. The number of aryl methyl sites for hydroxylation is 1. The van der Waals surface area contributed by atoms with E-state index in [0.717, 1.165) is 4.90 Å². The summed E-state index contributed by atoms with van der Waals surface area (Å²) in [6.07, 6.45) is 2.68. The number of benzene rings is 1. The lowest BCUT2D eigenvalue weighted by molar-refractivity contribution is -0.384. The Hall–Kier alpha value is -2.58. The van der Waals surface area contributed by atoms with E-state index in [-0.39, 0.29) is 11.4 Å². The fourth-order valence-electron chi connectivity index (χ4n) is 3.89. The van der Waals surface area contributed by atoms with Crippen LogP contribution in [0.3, 0.4) is 0 Å². The molecule has 2 fully saturated rings. The number of anilines is 1. The summed E-state index contributed by atoms with van der Waals surface area (Å²) in [5, 5.41) is 21.0. The molecule has 0 aromatic heterocycles. The van der Waals surface area contributed by atoms with Crippen LogP contribution in [-0.4, -0.2) is 40.2 Å². The minimum atomic E-state index is -1.21. The van der Waals surface area contributed by atoms with Crippen molar-refractivity contribution in [3.63, 3.8) is 0 Å². The molecule has 3 aliphatic rings. The van der Waals surface area contributed by atoms with Gasteiger partial charge in [-0.05, 0) is 18.6 Å². The normalized spacial score (nSPS) is 33.4. The average molecular weight is 330 g/mol. The first kappa shape index (κ1) is 15.0. The van der Waals surface area contributed by atoms with E-state index in [0.29, 0.717) is 5.56 Å². The van der Waals surface area contributed by atoms with Crippen molar-refractivity contribution in [2.45, 2.75) is 18.6 Å². The molecule has 1 N–H and O–H groups in total. The molecule has 1 aromatic carbocycles. The largest absolute Gasteiger partial charge is 0.393 e. The van der Waals surface area contributed by atoms with Crippen molar-refractivity contribution in [1.29, 1.82) is 0 Å². The molecule has 8 nitrogen and oxygen atoms in total. The van der Waals surface area contributed by atoms with Gasteiger partial charge in [0.2, 0.25) is 11.8 Å². The molecule has 124 valence electrons. The Morgan fingerprint density at radius 1 is 1.38 bits per heavy atom. The molecule has 2 bridgehead atoms. The first-order valence-corrected chi connectivity index (χ1v) is 7.50. The first-order valence-electron chi connectivity index (χ1n) is 7.50. The van der Waals surface area contributed by atoms with Gasteiger partial charge in [0.15, 0.2) is 0 Å². The van der Waals surface area contributed by atoms with E-state index in [1.54, 1.807) is 25.1 Å². The predicted octanol–water partition coefficient (Wildman–Crippen LogP) is 0.709. The van der Waals surface area contributed by atoms with Crippen LogP contribution in [0.2, 0.25) is 0 Å². The van der Waals surface area contributed by atoms with E-state index in [4.69, 9.17) is 4.74 Å². The zero-order valence-corrected chi connectivity index (χ0v) is 12.7. The number of rotatable bonds is 3. The lowest BCUT2D eigenvalue weighted by atomic mass is 9.77. The maximum atomic E-state index is 12.9. The highest BCUT2D eigenvalue weighted by Crippen LogP contribution is 2.53. The lowest BCUT2D eigenvalue weighted by Gasteiger charge is -2.26. The van der Waals surface area contributed by atoms with Crippen LogP contribution < -0.4 is 4.90 Å². The third-order valence-electron chi connectivity index (χ3n) is 4.97. The van der Waals surface area contributed by atoms with Gasteiger partial charge in [-0.3, -0.25) is 19.7 Å². The molecule has 8 heteroatoms. The van der Waals surface area contributed by atoms with Crippen LogP contribution in [0.4, 0.5) is 11.4 Å². The molecule has 3 aliphatic heterocycles. The molecular formula is C16H14N2O6. The summed E-state index contributed by atoms with van der Waals surface area (Å²) in [4.78, 5) is 37.3. The first-order chi connectivity index (χ1) is 11.4. The molecule has 0 aliphatic carbocycles. The van der Waals surface area contributed by atoms with Gasteiger partial charge in [-0.25, -0.2) is 4.90 Å². The molecule has 0 unspecified atom stereocenters. The predicted molar refractivity (Wildman–Crippen MR) is 81.1 cm³/mol. The number of amides is 2. The minimum Gasteiger partial charge on any atom is -0.393 e. The molecule has 2 amide bonds. The third kappa shape index (κ3) is 1.69. The van der Waals surface area contributed by atoms with Gasteiger partial charge in [0.25, 0.3) is 5.69 Å². The Morgan fingerprint density at radius 2 is 2.12 bits per heavy atom. The Labute approximate surface area is 136 Å². The van der Waals surface area contributed by atoms with Crippen molar-refractivity contribution >= 4 is 23.2 Å². The molecule has 3 heterocycles. The number of nitro groups is 1. The zero-order chi connectivity index (χ0) is 17.2. The number of imide groups is 1. The number of carbonyl (C=O) groups excluding carboxylic acids is 2. The maximum Gasteiger partial charge on any atom is 0.293 e. The Balaban J connectivity index is 1.82. The molecule has 0 spiro atoms. The summed E-state index contributed by atoms with van der Waals surface area (Å²) in [6.45, 7) is 1.27. The van der Waals surface area contributed by atoms with Crippen LogP contribution in [0.25, 0.3) is 0 Å². The summed E-state index contributed by atoms with van der Waals surface area (Å²) in [5.74, 6) is -2.71. The van der Waals surface area contributed by atoms with Crippen molar-refractivity contribution in [3.05, 3.63) is 46.0 Å². The van der Waals surface area contributed by atoms with Gasteiger partial charge in [0, 0.05) is 6.07 Å². The maximum absolute atomic E-state index is 12.9. The summed E-state index contributed by atoms with van der Waals surface area (Å²) >= 11 is 0. The standard InChI is InChI=1S/C16H14N2O6/c1-8-2-3-9(10(6-8)18(22)23)17-14(20)12-11-4-5-16(7-19,24-11)13(12)15(17)21/h2-6,11-13,19H,7H2,1H3/t11-,12+,13-,16+/m0/s1. The summed E-state index contributed by atoms with van der Waals surface area (Å²) < 4.78 is 5.63. The SMILES string of the molecule is Cc1ccc(N2C(=O)[C@@H]3[C@@H]4C=C[C@](CO)(O4)[C@@H]3C2=O)c([N+](=O)[O-])c1. The van der Waals surface area contributed by atoms with E-state index in [9.17, 15) is 24.8 Å². The topological polar surface area (TPSA) is 110 Å². The van der Waals surface area contributed by atoms with E-state index in [2.05, 4.69) is 0 Å². The summed E-state index contributed by atoms with van der Waals surface area (Å²) in [7, 11) is 0. The third-order valence-corrected chi connectivity index (χ3v) is 4.97. The number of hydrogen-bond donors (Lipinski definition) is 1. The Morgan fingerprint density at radius 3 is 2.79 bits per heavy atom. The second-order valence-electron chi connectivity index (χ2n) is 6.32. The number of hydrogen-bond acceptors (Lipinski definition) is 6. The highest BCUT2D eigenvalue weighted by Gasteiger charge is 2.68. The molecule has 0 radical (unpaired) electrons. The lowest BCUT2D eigenvalue weighted by Crippen LogP contribution is -2.43. The fraction of sp³-hybridized carbons (Fsp3) is 0.375. The molecule has 2 saturated heterocycles. The fourth-order valence-corrected chi connectivity index (χ4v) is 3.89.